The highest BCUT2D eigenvalue weighted by atomic mass is 32.2. The summed E-state index contributed by atoms with van der Waals surface area (Å²) in [6.45, 7) is 4.20. The number of nitrogens with two attached hydrogens (primary N) is 1. The number of thiophene rings is 1. The molecule has 23 heavy (non-hydrogen) atoms. The average molecular weight is 355 g/mol. The summed E-state index contributed by atoms with van der Waals surface area (Å²) in [4.78, 5) is 13.4. The highest BCUT2D eigenvalue weighted by molar-refractivity contribution is 7.87. The van der Waals surface area contributed by atoms with Crippen molar-refractivity contribution in [2.45, 2.75) is 26.2 Å². The zero-order valence-electron chi connectivity index (χ0n) is 13.0. The van der Waals surface area contributed by atoms with E-state index in [9.17, 15) is 8.42 Å². The molecule has 0 aromatic carbocycles. The molecule has 2 aromatic heterocycles. The van der Waals surface area contributed by atoms with Crippen LogP contribution in [-0.2, 0) is 16.6 Å². The maximum absolute atomic E-state index is 11.1. The Morgan fingerprint density at radius 2 is 2.30 bits per heavy atom. The van der Waals surface area contributed by atoms with Crippen LogP contribution in [0.1, 0.15) is 24.6 Å². The Hall–Kier alpha value is -1.29. The third kappa shape index (κ3) is 3.97. The van der Waals surface area contributed by atoms with Crippen LogP contribution in [0.2, 0.25) is 0 Å². The van der Waals surface area contributed by atoms with Crippen LogP contribution in [0.5, 0.6) is 0 Å². The van der Waals surface area contributed by atoms with Gasteiger partial charge in [0.25, 0.3) is 10.2 Å². The first kappa shape index (κ1) is 16.6. The lowest BCUT2D eigenvalue weighted by atomic mass is 9.98. The predicted molar refractivity (Wildman–Crippen MR) is 92.8 cm³/mol. The Morgan fingerprint density at radius 3 is 3.04 bits per heavy atom. The molecule has 2 aromatic rings. The van der Waals surface area contributed by atoms with Crippen molar-refractivity contribution in [3.8, 4) is 0 Å². The first-order chi connectivity index (χ1) is 11.0. The van der Waals surface area contributed by atoms with Crippen LogP contribution in [0.15, 0.2) is 12.4 Å². The quantitative estimate of drug-likeness (QED) is 0.841. The summed E-state index contributed by atoms with van der Waals surface area (Å²) in [5.74, 6) is 1.18. The number of anilines is 1. The number of aryl methyl sites for hydroxylation is 1. The van der Waals surface area contributed by atoms with E-state index < -0.39 is 10.2 Å². The molecule has 0 saturated carbocycles. The van der Waals surface area contributed by atoms with Gasteiger partial charge in [-0.1, -0.05) is 6.92 Å². The Kier molecular flexibility index (Phi) is 4.81. The molecule has 0 radical (unpaired) electrons. The zero-order valence-corrected chi connectivity index (χ0v) is 14.7. The SMILES string of the molecule is CCc1cc2c(N3CCC[C@H](CNS(N)(=O)=O)C3)ncnc2s1. The highest BCUT2D eigenvalue weighted by Gasteiger charge is 2.23. The van der Waals surface area contributed by atoms with Gasteiger partial charge in [0.15, 0.2) is 0 Å². The normalized spacial score (nSPS) is 19.4. The highest BCUT2D eigenvalue weighted by Crippen LogP contribution is 2.32. The molecule has 1 saturated heterocycles. The summed E-state index contributed by atoms with van der Waals surface area (Å²) in [5.41, 5.74) is 0. The van der Waals surface area contributed by atoms with Gasteiger partial charge in [0.1, 0.15) is 17.0 Å². The molecule has 3 heterocycles. The molecular formula is C14H21N5O2S2. The molecule has 0 aliphatic carbocycles. The van der Waals surface area contributed by atoms with E-state index >= 15 is 0 Å². The smallest absolute Gasteiger partial charge is 0.274 e. The monoisotopic (exact) mass is 355 g/mol. The Labute approximate surface area is 140 Å². The number of fused-ring (bicyclic) bond motifs is 1. The zero-order chi connectivity index (χ0) is 16.4. The second-order valence-electron chi connectivity index (χ2n) is 5.83. The molecule has 0 spiro atoms. The molecule has 1 aliphatic heterocycles. The van der Waals surface area contributed by atoms with Gasteiger partial charge >= 0.3 is 0 Å². The van der Waals surface area contributed by atoms with Gasteiger partial charge in [-0.25, -0.2) is 19.8 Å². The minimum atomic E-state index is -3.63. The standard InChI is InChI=1S/C14H21N5O2S2/c1-2-11-6-12-13(16-9-17-14(12)22-11)19-5-3-4-10(8-19)7-18-23(15,20)21/h6,9-10,18H,2-5,7-8H2,1H3,(H2,15,20,21)/t10-/m1/s1. The largest absolute Gasteiger partial charge is 0.356 e. The summed E-state index contributed by atoms with van der Waals surface area (Å²) in [5, 5.41) is 6.11. The molecule has 9 heteroatoms. The molecule has 0 unspecified atom stereocenters. The van der Waals surface area contributed by atoms with Gasteiger partial charge in [-0.2, -0.15) is 8.42 Å². The summed E-state index contributed by atoms with van der Waals surface area (Å²) >= 11 is 1.70. The van der Waals surface area contributed by atoms with Gasteiger partial charge in [-0.05, 0) is 31.2 Å². The van der Waals surface area contributed by atoms with Crippen molar-refractivity contribution in [1.82, 2.24) is 14.7 Å². The van der Waals surface area contributed by atoms with E-state index in [2.05, 4.69) is 32.6 Å². The van der Waals surface area contributed by atoms with Gasteiger partial charge in [0.2, 0.25) is 0 Å². The lowest BCUT2D eigenvalue weighted by Gasteiger charge is -2.33. The van der Waals surface area contributed by atoms with E-state index in [1.165, 1.54) is 4.88 Å². The summed E-state index contributed by atoms with van der Waals surface area (Å²) in [6, 6.07) is 2.17. The average Bonchev–Trinajstić information content (AvgIpc) is 2.95. The topological polar surface area (TPSA) is 101 Å². The van der Waals surface area contributed by atoms with Crippen molar-refractivity contribution in [2.24, 2.45) is 11.1 Å². The van der Waals surface area contributed by atoms with Gasteiger partial charge < -0.3 is 4.90 Å². The Balaban J connectivity index is 1.79. The van der Waals surface area contributed by atoms with E-state index in [1.54, 1.807) is 17.7 Å². The van der Waals surface area contributed by atoms with Crippen LogP contribution in [0.3, 0.4) is 0 Å². The number of hydrogen-bond donors (Lipinski definition) is 2. The predicted octanol–water partition coefficient (Wildman–Crippen LogP) is 1.26. The van der Waals surface area contributed by atoms with Gasteiger partial charge in [-0.3, -0.25) is 0 Å². The van der Waals surface area contributed by atoms with Crippen molar-refractivity contribution in [3.63, 3.8) is 0 Å². The number of piperidine rings is 1. The second kappa shape index (κ2) is 6.68. The lowest BCUT2D eigenvalue weighted by Crippen LogP contribution is -2.42. The van der Waals surface area contributed by atoms with Crippen LogP contribution < -0.4 is 14.8 Å². The first-order valence-corrected chi connectivity index (χ1v) is 10.1. The van der Waals surface area contributed by atoms with E-state index in [4.69, 9.17) is 5.14 Å². The van der Waals surface area contributed by atoms with E-state index in [0.717, 1.165) is 48.4 Å². The van der Waals surface area contributed by atoms with E-state index in [-0.39, 0.29) is 5.92 Å². The molecule has 3 N–H and O–H groups in total. The lowest BCUT2D eigenvalue weighted by molar-refractivity contribution is 0.410. The molecule has 0 bridgehead atoms. The van der Waals surface area contributed by atoms with Crippen molar-refractivity contribution in [3.05, 3.63) is 17.3 Å². The Bertz CT molecular complexity index is 790. The van der Waals surface area contributed by atoms with Gasteiger partial charge in [0.05, 0.1) is 5.39 Å². The molecular weight excluding hydrogens is 334 g/mol. The van der Waals surface area contributed by atoms with Crippen molar-refractivity contribution < 1.29 is 8.42 Å². The Morgan fingerprint density at radius 1 is 1.48 bits per heavy atom. The van der Waals surface area contributed by atoms with Gasteiger partial charge in [0, 0.05) is 24.5 Å². The fourth-order valence-electron chi connectivity index (χ4n) is 2.98. The molecule has 1 aliphatic rings. The molecule has 1 atom stereocenters. The number of aromatic nitrogens is 2. The molecule has 0 amide bonds. The number of hydrogen-bond acceptors (Lipinski definition) is 6. The minimum Gasteiger partial charge on any atom is -0.356 e. The molecule has 7 nitrogen and oxygen atoms in total. The van der Waals surface area contributed by atoms with Crippen LogP contribution in [-0.4, -0.2) is 38.0 Å². The van der Waals surface area contributed by atoms with Crippen LogP contribution in [0, 0.1) is 5.92 Å². The maximum Gasteiger partial charge on any atom is 0.274 e. The fraction of sp³-hybridized carbons (Fsp3) is 0.571. The minimum absolute atomic E-state index is 0.233. The maximum atomic E-state index is 11.1. The van der Waals surface area contributed by atoms with Gasteiger partial charge in [-0.15, -0.1) is 11.3 Å². The van der Waals surface area contributed by atoms with E-state index in [1.807, 2.05) is 0 Å². The third-order valence-electron chi connectivity index (χ3n) is 4.10. The number of rotatable bonds is 5. The third-order valence-corrected chi connectivity index (χ3v) is 5.86. The fourth-order valence-corrected chi connectivity index (χ4v) is 4.37. The summed E-state index contributed by atoms with van der Waals surface area (Å²) in [7, 11) is -3.63. The van der Waals surface area contributed by atoms with Crippen LogP contribution >= 0.6 is 11.3 Å². The van der Waals surface area contributed by atoms with E-state index in [0.29, 0.717) is 6.54 Å². The summed E-state index contributed by atoms with van der Waals surface area (Å²) < 4.78 is 24.5. The van der Waals surface area contributed by atoms with Crippen LogP contribution in [0.4, 0.5) is 5.82 Å². The van der Waals surface area contributed by atoms with Crippen molar-refractivity contribution in [1.29, 1.82) is 0 Å². The molecule has 1 fully saturated rings. The molecule has 126 valence electrons. The summed E-state index contributed by atoms with van der Waals surface area (Å²) in [6.07, 6.45) is 4.59. The first-order valence-electron chi connectivity index (χ1n) is 7.72. The van der Waals surface area contributed by atoms with Crippen molar-refractivity contribution >= 4 is 37.6 Å². The van der Waals surface area contributed by atoms with Crippen LogP contribution in [0.25, 0.3) is 10.2 Å². The second-order valence-corrected chi connectivity index (χ2v) is 8.32. The number of nitrogens with zero attached hydrogens (tertiary/aromatic N) is 3. The number of nitrogens with one attached hydrogen (secondary N) is 1. The molecule has 3 rings (SSSR count). The van der Waals surface area contributed by atoms with Crippen molar-refractivity contribution in [2.75, 3.05) is 24.5 Å².